The Kier molecular flexibility index (Phi) is 7.67. The number of nitrogens with zero attached hydrogens (tertiary/aromatic N) is 1. The molecule has 2 aromatic carbocycles. The van der Waals surface area contributed by atoms with E-state index in [0.29, 0.717) is 24.9 Å². The highest BCUT2D eigenvalue weighted by Crippen LogP contribution is 2.27. The third kappa shape index (κ3) is 5.85. The largest absolute Gasteiger partial charge is 0.416 e. The van der Waals surface area contributed by atoms with Crippen LogP contribution in [0.15, 0.2) is 42.5 Å². The zero-order valence-electron chi connectivity index (χ0n) is 19.1. The number of benzene rings is 2. The molecular formula is C25H31F3N2O3. The molecule has 1 heterocycles. The zero-order valence-corrected chi connectivity index (χ0v) is 19.1. The van der Waals surface area contributed by atoms with E-state index >= 15 is 0 Å². The summed E-state index contributed by atoms with van der Waals surface area (Å²) in [5.74, 6) is -1.06. The SMILES string of the molecule is CC(C)[C@H](C)C(=O)N1CCC[C@H]1C(=O)N[C@@H](Cc1ccc2ccccc2c1)[C@H](O)C(F)(F)F. The number of amides is 2. The third-order valence-corrected chi connectivity index (χ3v) is 6.54. The molecule has 180 valence electrons. The Balaban J connectivity index is 1.80. The summed E-state index contributed by atoms with van der Waals surface area (Å²) in [4.78, 5) is 27.3. The first kappa shape index (κ1) is 25.0. The average molecular weight is 465 g/mol. The number of rotatable bonds is 7. The fourth-order valence-electron chi connectivity index (χ4n) is 4.22. The second-order valence-corrected chi connectivity index (χ2v) is 9.21. The number of nitrogens with one attached hydrogen (secondary N) is 1. The summed E-state index contributed by atoms with van der Waals surface area (Å²) in [7, 11) is 0. The number of halogens is 3. The minimum absolute atomic E-state index is 0.0783. The molecule has 4 atom stereocenters. The molecule has 0 spiro atoms. The van der Waals surface area contributed by atoms with E-state index < -0.39 is 30.3 Å². The fourth-order valence-corrected chi connectivity index (χ4v) is 4.22. The van der Waals surface area contributed by atoms with Crippen LogP contribution in [0.5, 0.6) is 0 Å². The van der Waals surface area contributed by atoms with Crippen LogP contribution in [-0.2, 0) is 16.0 Å². The molecule has 5 nitrogen and oxygen atoms in total. The highest BCUT2D eigenvalue weighted by atomic mass is 19.4. The Hall–Kier alpha value is -2.61. The van der Waals surface area contributed by atoms with Crippen LogP contribution in [0, 0.1) is 11.8 Å². The van der Waals surface area contributed by atoms with Gasteiger partial charge >= 0.3 is 6.18 Å². The van der Waals surface area contributed by atoms with Gasteiger partial charge in [-0.25, -0.2) is 0 Å². The van der Waals surface area contributed by atoms with Crippen LogP contribution in [0.4, 0.5) is 13.2 Å². The quantitative estimate of drug-likeness (QED) is 0.649. The lowest BCUT2D eigenvalue weighted by Crippen LogP contribution is -2.56. The summed E-state index contributed by atoms with van der Waals surface area (Å²) in [5, 5.41) is 14.2. The Bertz CT molecular complexity index is 992. The summed E-state index contributed by atoms with van der Waals surface area (Å²) in [6, 6.07) is 10.3. The summed E-state index contributed by atoms with van der Waals surface area (Å²) in [5.41, 5.74) is 0.565. The van der Waals surface area contributed by atoms with Crippen molar-refractivity contribution >= 4 is 22.6 Å². The first-order valence-electron chi connectivity index (χ1n) is 11.3. The van der Waals surface area contributed by atoms with Crippen molar-refractivity contribution in [3.63, 3.8) is 0 Å². The van der Waals surface area contributed by atoms with Crippen molar-refractivity contribution in [2.24, 2.45) is 11.8 Å². The van der Waals surface area contributed by atoms with E-state index in [-0.39, 0.29) is 24.2 Å². The van der Waals surface area contributed by atoms with E-state index in [1.165, 1.54) is 4.90 Å². The number of aliphatic hydroxyl groups excluding tert-OH is 1. The normalized spacial score (nSPS) is 19.5. The number of hydrogen-bond donors (Lipinski definition) is 2. The lowest BCUT2D eigenvalue weighted by atomic mass is 9.96. The van der Waals surface area contributed by atoms with Crippen molar-refractivity contribution < 1.29 is 27.9 Å². The van der Waals surface area contributed by atoms with E-state index in [1.807, 2.05) is 38.1 Å². The molecule has 0 radical (unpaired) electrons. The summed E-state index contributed by atoms with van der Waals surface area (Å²) in [6.07, 6.45) is -6.83. The van der Waals surface area contributed by atoms with Crippen molar-refractivity contribution in [3.05, 3.63) is 48.0 Å². The first-order valence-corrected chi connectivity index (χ1v) is 11.3. The highest BCUT2D eigenvalue weighted by molar-refractivity contribution is 5.89. The van der Waals surface area contributed by atoms with Crippen LogP contribution in [0.25, 0.3) is 10.8 Å². The van der Waals surface area contributed by atoms with E-state index in [9.17, 15) is 27.9 Å². The molecule has 0 aliphatic carbocycles. The molecule has 0 saturated carbocycles. The fraction of sp³-hybridized carbons (Fsp3) is 0.520. The number of carbonyl (C=O) groups is 2. The molecule has 1 saturated heterocycles. The van der Waals surface area contributed by atoms with Gasteiger partial charge < -0.3 is 15.3 Å². The third-order valence-electron chi connectivity index (χ3n) is 6.54. The van der Waals surface area contributed by atoms with Crippen LogP contribution in [0.1, 0.15) is 39.2 Å². The van der Waals surface area contributed by atoms with Gasteiger partial charge in [0, 0.05) is 12.5 Å². The molecule has 0 aromatic heterocycles. The molecule has 0 bridgehead atoms. The van der Waals surface area contributed by atoms with Crippen molar-refractivity contribution in [2.75, 3.05) is 6.54 Å². The lowest BCUT2D eigenvalue weighted by molar-refractivity contribution is -0.212. The first-order chi connectivity index (χ1) is 15.5. The van der Waals surface area contributed by atoms with Gasteiger partial charge in [-0.1, -0.05) is 63.2 Å². The lowest BCUT2D eigenvalue weighted by Gasteiger charge is -2.31. The van der Waals surface area contributed by atoms with Crippen LogP contribution in [-0.4, -0.2) is 52.7 Å². The van der Waals surface area contributed by atoms with E-state index in [2.05, 4.69) is 5.32 Å². The minimum atomic E-state index is -4.90. The van der Waals surface area contributed by atoms with Gasteiger partial charge in [0.1, 0.15) is 6.04 Å². The van der Waals surface area contributed by atoms with Gasteiger partial charge in [-0.2, -0.15) is 13.2 Å². The van der Waals surface area contributed by atoms with E-state index in [0.717, 1.165) is 10.8 Å². The van der Waals surface area contributed by atoms with E-state index in [1.54, 1.807) is 25.1 Å². The maximum atomic E-state index is 13.4. The number of fused-ring (bicyclic) bond motifs is 1. The van der Waals surface area contributed by atoms with Gasteiger partial charge in [-0.15, -0.1) is 0 Å². The number of hydrogen-bond acceptors (Lipinski definition) is 3. The highest BCUT2D eigenvalue weighted by Gasteiger charge is 2.45. The molecule has 33 heavy (non-hydrogen) atoms. The van der Waals surface area contributed by atoms with Crippen molar-refractivity contribution in [3.8, 4) is 0 Å². The maximum absolute atomic E-state index is 13.4. The number of aliphatic hydroxyl groups is 1. The van der Waals surface area contributed by atoms with Crippen LogP contribution in [0.2, 0.25) is 0 Å². The van der Waals surface area contributed by atoms with Crippen LogP contribution < -0.4 is 5.32 Å². The van der Waals surface area contributed by atoms with Gasteiger partial charge in [0.25, 0.3) is 0 Å². The Morgan fingerprint density at radius 3 is 2.42 bits per heavy atom. The van der Waals surface area contributed by atoms with Crippen LogP contribution in [0.3, 0.4) is 0 Å². The van der Waals surface area contributed by atoms with Gasteiger partial charge in [-0.3, -0.25) is 9.59 Å². The monoisotopic (exact) mass is 464 g/mol. The number of likely N-dealkylation sites (tertiary alicyclic amines) is 1. The molecule has 2 N–H and O–H groups in total. The van der Waals surface area contributed by atoms with Crippen LogP contribution >= 0.6 is 0 Å². The van der Waals surface area contributed by atoms with Crippen molar-refractivity contribution in [1.82, 2.24) is 10.2 Å². The van der Waals surface area contributed by atoms with Crippen molar-refractivity contribution in [2.45, 2.75) is 64.4 Å². The minimum Gasteiger partial charge on any atom is -0.382 e. The molecule has 2 aromatic rings. The number of alkyl halides is 3. The van der Waals surface area contributed by atoms with Gasteiger partial charge in [0.15, 0.2) is 6.10 Å². The van der Waals surface area contributed by atoms with E-state index in [4.69, 9.17) is 0 Å². The summed E-state index contributed by atoms with van der Waals surface area (Å²) < 4.78 is 40.2. The standard InChI is InChI=1S/C25H31F3N2O3/c1-15(2)16(3)24(33)30-12-6-9-21(30)23(32)29-20(22(31)25(26,27)28)14-17-10-11-18-7-4-5-8-19(18)13-17/h4-5,7-8,10-11,13,15-16,20-22,31H,6,9,12,14H2,1-3H3,(H,29,32)/t16-,20-,21-,22-/m0/s1. The smallest absolute Gasteiger partial charge is 0.382 e. The molecule has 3 rings (SSSR count). The average Bonchev–Trinajstić information content (AvgIpc) is 3.26. The maximum Gasteiger partial charge on any atom is 0.416 e. The van der Waals surface area contributed by atoms with Gasteiger partial charge in [-0.05, 0) is 41.5 Å². The van der Waals surface area contributed by atoms with Crippen molar-refractivity contribution in [1.29, 1.82) is 0 Å². The zero-order chi connectivity index (χ0) is 24.3. The van der Waals surface area contributed by atoms with Gasteiger partial charge in [0.2, 0.25) is 11.8 Å². The molecular weight excluding hydrogens is 433 g/mol. The summed E-state index contributed by atoms with van der Waals surface area (Å²) in [6.45, 7) is 6.00. The molecule has 1 aliphatic rings. The second kappa shape index (κ2) is 10.1. The predicted octanol–water partition coefficient (Wildman–Crippen LogP) is 4.07. The Morgan fingerprint density at radius 1 is 1.12 bits per heavy atom. The Labute approximate surface area is 192 Å². The summed E-state index contributed by atoms with van der Waals surface area (Å²) >= 11 is 0. The Morgan fingerprint density at radius 2 is 1.79 bits per heavy atom. The molecule has 0 unspecified atom stereocenters. The molecule has 1 aliphatic heterocycles. The topological polar surface area (TPSA) is 69.6 Å². The molecule has 1 fully saturated rings. The predicted molar refractivity (Wildman–Crippen MR) is 120 cm³/mol. The molecule has 8 heteroatoms. The number of carbonyl (C=O) groups excluding carboxylic acids is 2. The second-order valence-electron chi connectivity index (χ2n) is 9.21. The molecule has 2 amide bonds. The van der Waals surface area contributed by atoms with Gasteiger partial charge in [0.05, 0.1) is 6.04 Å².